The van der Waals surface area contributed by atoms with Crippen molar-refractivity contribution in [1.82, 2.24) is 10.2 Å². The van der Waals surface area contributed by atoms with E-state index in [4.69, 9.17) is 13.9 Å². The Labute approximate surface area is 163 Å². The molecule has 3 aromatic rings. The van der Waals surface area contributed by atoms with Crippen LogP contribution >= 0.6 is 11.8 Å². The smallest absolute Gasteiger partial charge is 0.281 e. The van der Waals surface area contributed by atoms with Crippen molar-refractivity contribution >= 4 is 23.8 Å². The van der Waals surface area contributed by atoms with Crippen LogP contribution in [0.2, 0.25) is 0 Å². The molecular weight excluding hydrogens is 387 g/mol. The Morgan fingerprint density at radius 2 is 1.75 bits per heavy atom. The van der Waals surface area contributed by atoms with Gasteiger partial charge in [0.15, 0.2) is 0 Å². The predicted molar refractivity (Wildman–Crippen MR) is 98.1 cm³/mol. The summed E-state index contributed by atoms with van der Waals surface area (Å²) in [7, 11) is 3.03. The van der Waals surface area contributed by atoms with Crippen molar-refractivity contribution in [3.05, 3.63) is 58.8 Å². The first kappa shape index (κ1) is 19.4. The lowest BCUT2D eigenvalue weighted by molar-refractivity contribution is -0.298. The Hall–Kier alpha value is -3.33. The summed E-state index contributed by atoms with van der Waals surface area (Å²) in [6.07, 6.45) is 1.33. The quantitative estimate of drug-likeness (QED) is 0.440. The SMILES string of the molecule is COc1cc(OC)cc(-c2nnc(S/C(=C/c3ccc(F)cc3)C(=O)[O-])o2)c1. The average Bonchev–Trinajstić information content (AvgIpc) is 3.17. The molecule has 0 fully saturated rings. The number of carbonyl (C=O) groups is 1. The van der Waals surface area contributed by atoms with Gasteiger partial charge in [0.05, 0.1) is 20.2 Å². The molecule has 0 atom stereocenters. The summed E-state index contributed by atoms with van der Waals surface area (Å²) in [5.74, 6) is -0.604. The van der Waals surface area contributed by atoms with Gasteiger partial charge in [-0.2, -0.15) is 0 Å². The van der Waals surface area contributed by atoms with Crippen LogP contribution in [-0.4, -0.2) is 30.4 Å². The van der Waals surface area contributed by atoms with Crippen LogP contribution in [0.15, 0.2) is 57.0 Å². The molecule has 9 heteroatoms. The highest BCUT2D eigenvalue weighted by atomic mass is 32.2. The zero-order chi connectivity index (χ0) is 20.1. The molecule has 2 aromatic carbocycles. The van der Waals surface area contributed by atoms with Gasteiger partial charge < -0.3 is 23.8 Å². The molecule has 0 bridgehead atoms. The van der Waals surface area contributed by atoms with Gasteiger partial charge in [-0.3, -0.25) is 0 Å². The van der Waals surface area contributed by atoms with Gasteiger partial charge >= 0.3 is 0 Å². The number of benzene rings is 2. The summed E-state index contributed by atoms with van der Waals surface area (Å²) in [6, 6.07) is 10.4. The van der Waals surface area contributed by atoms with Crippen LogP contribution < -0.4 is 14.6 Å². The third-order valence-corrected chi connectivity index (χ3v) is 4.42. The predicted octanol–water partition coefficient (Wildman–Crippen LogP) is 2.78. The van der Waals surface area contributed by atoms with Crippen molar-refractivity contribution < 1.29 is 28.2 Å². The zero-order valence-electron chi connectivity index (χ0n) is 14.8. The maximum absolute atomic E-state index is 13.0. The standard InChI is InChI=1S/C19H15FN2O5S/c1-25-14-8-12(9-15(10-14)26-2)17-21-22-19(27-17)28-16(18(23)24)7-11-3-5-13(20)6-4-11/h3-10H,1-2H3,(H,23,24)/p-1/b16-7+. The van der Waals surface area contributed by atoms with Gasteiger partial charge in [0.2, 0.25) is 5.89 Å². The lowest BCUT2D eigenvalue weighted by atomic mass is 10.2. The number of thioether (sulfide) groups is 1. The summed E-state index contributed by atoms with van der Waals surface area (Å²) in [4.78, 5) is 11.3. The largest absolute Gasteiger partial charge is 0.544 e. The molecule has 144 valence electrons. The van der Waals surface area contributed by atoms with E-state index < -0.39 is 11.8 Å². The van der Waals surface area contributed by atoms with Crippen molar-refractivity contribution in [3.63, 3.8) is 0 Å². The third-order valence-electron chi connectivity index (χ3n) is 3.57. The molecule has 0 amide bonds. The summed E-state index contributed by atoms with van der Waals surface area (Å²) >= 11 is 0.734. The van der Waals surface area contributed by atoms with Gasteiger partial charge in [0, 0.05) is 16.5 Å². The number of hydrogen-bond acceptors (Lipinski definition) is 8. The number of ether oxygens (including phenoxy) is 2. The van der Waals surface area contributed by atoms with Crippen LogP contribution in [0.3, 0.4) is 0 Å². The zero-order valence-corrected chi connectivity index (χ0v) is 15.7. The minimum atomic E-state index is -1.42. The van der Waals surface area contributed by atoms with Crippen molar-refractivity contribution in [2.45, 2.75) is 5.22 Å². The highest BCUT2D eigenvalue weighted by Crippen LogP contribution is 2.32. The average molecular weight is 401 g/mol. The van der Waals surface area contributed by atoms with Crippen LogP contribution in [0.1, 0.15) is 5.56 Å². The first-order valence-corrected chi connectivity index (χ1v) is 8.73. The Bertz CT molecular complexity index is 995. The maximum Gasteiger partial charge on any atom is 0.281 e. The van der Waals surface area contributed by atoms with Gasteiger partial charge in [0.1, 0.15) is 17.3 Å². The molecule has 0 saturated carbocycles. The number of nitrogens with zero attached hydrogens (tertiary/aromatic N) is 2. The van der Waals surface area contributed by atoms with Gasteiger partial charge in [-0.1, -0.05) is 12.1 Å². The summed E-state index contributed by atoms with van der Waals surface area (Å²) in [5.41, 5.74) is 1.04. The highest BCUT2D eigenvalue weighted by molar-refractivity contribution is 8.03. The Kier molecular flexibility index (Phi) is 5.95. The molecule has 0 aliphatic heterocycles. The molecule has 28 heavy (non-hydrogen) atoms. The molecule has 0 saturated heterocycles. The van der Waals surface area contributed by atoms with Crippen LogP contribution in [0.5, 0.6) is 11.5 Å². The molecule has 1 heterocycles. The lowest BCUT2D eigenvalue weighted by Gasteiger charge is -2.06. The fraction of sp³-hybridized carbons (Fsp3) is 0.105. The molecule has 0 spiro atoms. The number of carboxylic acids is 1. The topological polar surface area (TPSA) is 97.5 Å². The Morgan fingerprint density at radius 1 is 1.11 bits per heavy atom. The van der Waals surface area contributed by atoms with Crippen LogP contribution in [-0.2, 0) is 4.79 Å². The molecule has 0 aliphatic rings. The molecule has 0 N–H and O–H groups in total. The van der Waals surface area contributed by atoms with Crippen LogP contribution in [0.25, 0.3) is 17.5 Å². The van der Waals surface area contributed by atoms with Gasteiger partial charge in [0.25, 0.3) is 5.22 Å². The summed E-state index contributed by atoms with van der Waals surface area (Å²) in [6.45, 7) is 0. The van der Waals surface area contributed by atoms with E-state index in [0.29, 0.717) is 22.6 Å². The third kappa shape index (κ3) is 4.68. The number of halogens is 1. The van der Waals surface area contributed by atoms with E-state index in [-0.39, 0.29) is 16.0 Å². The second kappa shape index (κ2) is 8.57. The number of aromatic nitrogens is 2. The molecule has 3 rings (SSSR count). The second-order valence-corrected chi connectivity index (χ2v) is 6.42. The molecule has 7 nitrogen and oxygen atoms in total. The van der Waals surface area contributed by atoms with E-state index in [9.17, 15) is 14.3 Å². The second-order valence-electron chi connectivity index (χ2n) is 5.42. The normalized spacial score (nSPS) is 11.3. The first-order chi connectivity index (χ1) is 13.5. The number of hydrogen-bond donors (Lipinski definition) is 0. The minimum absolute atomic E-state index is 0.00866. The first-order valence-electron chi connectivity index (χ1n) is 7.92. The van der Waals surface area contributed by atoms with E-state index in [1.807, 2.05) is 0 Å². The van der Waals surface area contributed by atoms with E-state index in [1.165, 1.54) is 44.6 Å². The highest BCUT2D eigenvalue weighted by Gasteiger charge is 2.14. The van der Waals surface area contributed by atoms with Crippen LogP contribution in [0.4, 0.5) is 4.39 Å². The fourth-order valence-corrected chi connectivity index (χ4v) is 2.90. The summed E-state index contributed by atoms with van der Waals surface area (Å²) < 4.78 is 28.9. The molecule has 0 radical (unpaired) electrons. The molecule has 1 aromatic heterocycles. The minimum Gasteiger partial charge on any atom is -0.544 e. The number of aliphatic carboxylic acids is 1. The lowest BCUT2D eigenvalue weighted by Crippen LogP contribution is -2.23. The molecule has 0 aliphatic carbocycles. The van der Waals surface area contributed by atoms with Crippen molar-refractivity contribution in [2.75, 3.05) is 14.2 Å². The van der Waals surface area contributed by atoms with E-state index in [0.717, 1.165) is 11.8 Å². The number of methoxy groups -OCH3 is 2. The van der Waals surface area contributed by atoms with Gasteiger partial charge in [-0.15, -0.1) is 10.2 Å². The number of carbonyl (C=O) groups excluding carboxylic acids is 1. The van der Waals surface area contributed by atoms with Crippen molar-refractivity contribution in [3.8, 4) is 23.0 Å². The Morgan fingerprint density at radius 3 is 2.32 bits per heavy atom. The fourth-order valence-electron chi connectivity index (χ4n) is 2.23. The van der Waals surface area contributed by atoms with Gasteiger partial charge in [-0.05, 0) is 47.7 Å². The number of rotatable bonds is 7. The maximum atomic E-state index is 13.0. The van der Waals surface area contributed by atoms with Crippen molar-refractivity contribution in [2.24, 2.45) is 0 Å². The van der Waals surface area contributed by atoms with Crippen LogP contribution in [0, 0.1) is 5.82 Å². The van der Waals surface area contributed by atoms with E-state index in [2.05, 4.69) is 10.2 Å². The molecule has 0 unspecified atom stereocenters. The molecular formula is C19H14FN2O5S-. The van der Waals surface area contributed by atoms with Gasteiger partial charge in [-0.25, -0.2) is 4.39 Å². The number of carboxylic acid groups (broad SMARTS) is 1. The van der Waals surface area contributed by atoms with E-state index in [1.54, 1.807) is 18.2 Å². The monoisotopic (exact) mass is 401 g/mol. The summed E-state index contributed by atoms with van der Waals surface area (Å²) in [5, 5.41) is 19.2. The Balaban J connectivity index is 1.86. The van der Waals surface area contributed by atoms with Crippen molar-refractivity contribution in [1.29, 1.82) is 0 Å². The van der Waals surface area contributed by atoms with E-state index >= 15 is 0 Å².